The van der Waals surface area contributed by atoms with Gasteiger partial charge in [0, 0.05) is 24.1 Å². The number of nitrogens with two attached hydrogens (primary N) is 1. The van der Waals surface area contributed by atoms with Gasteiger partial charge in [0.2, 0.25) is 5.88 Å². The van der Waals surface area contributed by atoms with Crippen LogP contribution in [-0.2, 0) is 0 Å². The summed E-state index contributed by atoms with van der Waals surface area (Å²) < 4.78 is 8.58. The van der Waals surface area contributed by atoms with Crippen LogP contribution >= 0.6 is 15.9 Å². The van der Waals surface area contributed by atoms with Crippen LogP contribution in [-0.4, -0.2) is 9.38 Å². The van der Waals surface area contributed by atoms with Gasteiger partial charge in [0.15, 0.2) is 0 Å². The first-order valence-corrected chi connectivity index (χ1v) is 6.18. The number of anilines is 1. The number of hydrogen-bond donors (Lipinski definition) is 1. The van der Waals surface area contributed by atoms with Crippen molar-refractivity contribution in [2.24, 2.45) is 0 Å². The summed E-state index contributed by atoms with van der Waals surface area (Å²) in [4.78, 5) is 4.21. The smallest absolute Gasteiger partial charge is 0.205 e. The minimum atomic E-state index is 0.658. The van der Waals surface area contributed by atoms with E-state index in [2.05, 4.69) is 20.9 Å². The highest BCUT2D eigenvalue weighted by Crippen LogP contribution is 2.31. The third kappa shape index (κ3) is 1.93. The van der Waals surface area contributed by atoms with Crippen molar-refractivity contribution in [2.45, 2.75) is 0 Å². The Morgan fingerprint density at radius 1 is 1.22 bits per heavy atom. The lowest BCUT2D eigenvalue weighted by molar-refractivity contribution is 0.454. The van der Waals surface area contributed by atoms with Gasteiger partial charge in [0.25, 0.3) is 0 Å². The van der Waals surface area contributed by atoms with Crippen LogP contribution in [0.1, 0.15) is 0 Å². The number of imidazole rings is 1. The molecule has 0 spiro atoms. The Bertz CT molecular complexity index is 708. The maximum Gasteiger partial charge on any atom is 0.205 e. The van der Waals surface area contributed by atoms with E-state index >= 15 is 0 Å². The molecule has 0 unspecified atom stereocenters. The molecule has 2 aromatic heterocycles. The molecule has 0 aliphatic carbocycles. The quantitative estimate of drug-likeness (QED) is 0.738. The highest BCUT2D eigenvalue weighted by molar-refractivity contribution is 9.10. The number of benzene rings is 1. The van der Waals surface area contributed by atoms with Gasteiger partial charge in [0.05, 0.1) is 4.47 Å². The van der Waals surface area contributed by atoms with Gasteiger partial charge in [0.1, 0.15) is 11.4 Å². The van der Waals surface area contributed by atoms with Crippen LogP contribution in [0.15, 0.2) is 53.3 Å². The number of halogens is 1. The zero-order valence-corrected chi connectivity index (χ0v) is 11.0. The van der Waals surface area contributed by atoms with Crippen molar-refractivity contribution in [3.63, 3.8) is 0 Å². The van der Waals surface area contributed by atoms with Crippen LogP contribution in [0.25, 0.3) is 5.65 Å². The summed E-state index contributed by atoms with van der Waals surface area (Å²) in [5.74, 6) is 1.37. The molecule has 2 N–H and O–H groups in total. The second kappa shape index (κ2) is 4.34. The Labute approximate surface area is 112 Å². The van der Waals surface area contributed by atoms with Gasteiger partial charge >= 0.3 is 0 Å². The summed E-state index contributed by atoms with van der Waals surface area (Å²) in [6.45, 7) is 0. The van der Waals surface area contributed by atoms with E-state index in [1.54, 1.807) is 12.3 Å². The largest absolute Gasteiger partial charge is 0.439 e. The van der Waals surface area contributed by atoms with Crippen LogP contribution < -0.4 is 10.5 Å². The zero-order chi connectivity index (χ0) is 12.5. The number of hydrogen-bond acceptors (Lipinski definition) is 3. The Morgan fingerprint density at radius 3 is 3.00 bits per heavy atom. The minimum absolute atomic E-state index is 0.658. The first kappa shape index (κ1) is 11.1. The molecule has 0 fully saturated rings. The van der Waals surface area contributed by atoms with Gasteiger partial charge in [-0.05, 0) is 40.2 Å². The predicted molar refractivity (Wildman–Crippen MR) is 73.8 cm³/mol. The standard InChI is InChI=1S/C13H10BrN3O/c14-10-5-4-9(15)8-11(10)18-13-3-1-2-12-16-6-7-17(12)13/h1-8H,15H2. The van der Waals surface area contributed by atoms with Crippen LogP contribution in [0.3, 0.4) is 0 Å². The van der Waals surface area contributed by atoms with Crippen LogP contribution in [0.4, 0.5) is 5.69 Å². The molecule has 3 rings (SSSR count). The van der Waals surface area contributed by atoms with Gasteiger partial charge in [-0.3, -0.25) is 4.40 Å². The Morgan fingerprint density at radius 2 is 2.11 bits per heavy atom. The van der Waals surface area contributed by atoms with Crippen LogP contribution in [0, 0.1) is 0 Å². The monoisotopic (exact) mass is 303 g/mol. The summed E-state index contributed by atoms with van der Waals surface area (Å²) in [6, 6.07) is 11.1. The minimum Gasteiger partial charge on any atom is -0.439 e. The number of nitrogen functional groups attached to an aromatic ring is 1. The van der Waals surface area contributed by atoms with Crippen molar-refractivity contribution in [1.29, 1.82) is 0 Å². The van der Waals surface area contributed by atoms with E-state index in [0.717, 1.165) is 10.1 Å². The van der Waals surface area contributed by atoms with Crippen molar-refractivity contribution in [1.82, 2.24) is 9.38 Å². The van der Waals surface area contributed by atoms with Crippen molar-refractivity contribution in [2.75, 3.05) is 5.73 Å². The topological polar surface area (TPSA) is 52.5 Å². The molecule has 3 aromatic rings. The summed E-state index contributed by atoms with van der Waals surface area (Å²) in [5, 5.41) is 0. The fourth-order valence-electron chi connectivity index (χ4n) is 1.72. The normalized spacial score (nSPS) is 10.7. The third-order valence-corrected chi connectivity index (χ3v) is 3.22. The summed E-state index contributed by atoms with van der Waals surface area (Å²) in [5.41, 5.74) is 7.25. The fourth-order valence-corrected chi connectivity index (χ4v) is 2.04. The molecule has 0 atom stereocenters. The molecule has 0 aliphatic rings. The highest BCUT2D eigenvalue weighted by atomic mass is 79.9. The highest BCUT2D eigenvalue weighted by Gasteiger charge is 2.06. The first-order valence-electron chi connectivity index (χ1n) is 5.39. The number of aromatic nitrogens is 2. The van der Waals surface area contributed by atoms with Gasteiger partial charge in [-0.15, -0.1) is 0 Å². The molecule has 18 heavy (non-hydrogen) atoms. The molecule has 0 bridgehead atoms. The summed E-state index contributed by atoms with van der Waals surface area (Å²) in [7, 11) is 0. The molecule has 0 amide bonds. The Kier molecular flexibility index (Phi) is 2.68. The second-order valence-electron chi connectivity index (χ2n) is 3.81. The van der Waals surface area contributed by atoms with E-state index in [1.165, 1.54) is 0 Å². The average molecular weight is 304 g/mol. The second-order valence-corrected chi connectivity index (χ2v) is 4.67. The fraction of sp³-hybridized carbons (Fsp3) is 0. The van der Waals surface area contributed by atoms with Gasteiger partial charge in [-0.2, -0.15) is 0 Å². The van der Waals surface area contributed by atoms with E-state index in [1.807, 2.05) is 40.9 Å². The molecule has 0 saturated heterocycles. The van der Waals surface area contributed by atoms with Crippen molar-refractivity contribution < 1.29 is 4.74 Å². The maximum atomic E-state index is 5.86. The van der Waals surface area contributed by atoms with Gasteiger partial charge in [-0.25, -0.2) is 4.98 Å². The van der Waals surface area contributed by atoms with E-state index in [0.29, 0.717) is 17.3 Å². The molecule has 5 heteroatoms. The molecule has 0 radical (unpaired) electrons. The van der Waals surface area contributed by atoms with E-state index in [4.69, 9.17) is 10.5 Å². The molecule has 2 heterocycles. The molecular formula is C13H10BrN3O. The molecule has 0 aliphatic heterocycles. The maximum absolute atomic E-state index is 5.86. The summed E-state index contributed by atoms with van der Waals surface area (Å²) >= 11 is 3.44. The Balaban J connectivity index is 2.06. The van der Waals surface area contributed by atoms with E-state index in [9.17, 15) is 0 Å². The molecule has 1 aromatic carbocycles. The lowest BCUT2D eigenvalue weighted by Gasteiger charge is -2.10. The van der Waals surface area contributed by atoms with Crippen LogP contribution in [0.2, 0.25) is 0 Å². The van der Waals surface area contributed by atoms with Crippen molar-refractivity contribution in [3.05, 3.63) is 53.3 Å². The van der Waals surface area contributed by atoms with Crippen molar-refractivity contribution in [3.8, 4) is 11.6 Å². The Hall–Kier alpha value is -2.01. The SMILES string of the molecule is Nc1ccc(Br)c(Oc2cccc3nccn23)c1. The lowest BCUT2D eigenvalue weighted by atomic mass is 10.3. The number of fused-ring (bicyclic) bond motifs is 1. The average Bonchev–Trinajstić information content (AvgIpc) is 2.83. The van der Waals surface area contributed by atoms with E-state index < -0.39 is 0 Å². The number of rotatable bonds is 2. The predicted octanol–water partition coefficient (Wildman–Crippen LogP) is 3.47. The molecule has 0 saturated carbocycles. The van der Waals surface area contributed by atoms with Crippen LogP contribution in [0.5, 0.6) is 11.6 Å². The first-order chi connectivity index (χ1) is 8.74. The zero-order valence-electron chi connectivity index (χ0n) is 9.38. The summed E-state index contributed by atoms with van der Waals surface area (Å²) in [6.07, 6.45) is 3.58. The number of pyridine rings is 1. The molecular weight excluding hydrogens is 294 g/mol. The van der Waals surface area contributed by atoms with E-state index in [-0.39, 0.29) is 0 Å². The third-order valence-electron chi connectivity index (χ3n) is 2.56. The van der Waals surface area contributed by atoms with Crippen molar-refractivity contribution >= 4 is 27.3 Å². The van der Waals surface area contributed by atoms with Gasteiger partial charge < -0.3 is 10.5 Å². The molecule has 4 nitrogen and oxygen atoms in total. The molecule has 90 valence electrons. The number of nitrogens with zero attached hydrogens (tertiary/aromatic N) is 2. The number of ether oxygens (including phenoxy) is 1. The lowest BCUT2D eigenvalue weighted by Crippen LogP contribution is -1.94. The van der Waals surface area contributed by atoms with Gasteiger partial charge in [-0.1, -0.05) is 6.07 Å².